The van der Waals surface area contributed by atoms with E-state index in [1.165, 1.54) is 12.3 Å². The van der Waals surface area contributed by atoms with E-state index in [1.54, 1.807) is 24.3 Å². The molecular formula is C15H10N2O4. The van der Waals surface area contributed by atoms with Gasteiger partial charge in [-0.15, -0.1) is 0 Å². The second-order valence-corrected chi connectivity index (χ2v) is 4.51. The van der Waals surface area contributed by atoms with Gasteiger partial charge in [-0.1, -0.05) is 24.3 Å². The zero-order chi connectivity index (χ0) is 15.0. The van der Waals surface area contributed by atoms with Crippen LogP contribution in [0.15, 0.2) is 36.5 Å². The van der Waals surface area contributed by atoms with Crippen molar-refractivity contribution < 1.29 is 19.1 Å². The normalized spacial score (nSPS) is 12.6. The highest BCUT2D eigenvalue weighted by Gasteiger charge is 2.32. The molecule has 0 saturated heterocycles. The van der Waals surface area contributed by atoms with Gasteiger partial charge < -0.3 is 10.5 Å². The second kappa shape index (κ2) is 4.82. The Labute approximate surface area is 119 Å². The smallest absolute Gasteiger partial charge is 0.404 e. The largest absolute Gasteiger partial charge is 0.445 e. The predicted octanol–water partition coefficient (Wildman–Crippen LogP) is 1.45. The van der Waals surface area contributed by atoms with Gasteiger partial charge >= 0.3 is 6.09 Å². The van der Waals surface area contributed by atoms with Crippen LogP contribution in [-0.2, 0) is 11.3 Å². The van der Waals surface area contributed by atoms with Gasteiger partial charge in [-0.25, -0.2) is 4.79 Å². The van der Waals surface area contributed by atoms with E-state index < -0.39 is 6.09 Å². The van der Waals surface area contributed by atoms with Crippen molar-refractivity contribution in [3.8, 4) is 0 Å². The summed E-state index contributed by atoms with van der Waals surface area (Å²) in [6, 6.07) is 8.08. The highest BCUT2D eigenvalue weighted by molar-refractivity contribution is 6.28. The fourth-order valence-electron chi connectivity index (χ4n) is 2.34. The van der Waals surface area contributed by atoms with Gasteiger partial charge in [-0.3, -0.25) is 14.6 Å². The highest BCUT2D eigenvalue weighted by Crippen LogP contribution is 2.28. The second-order valence-electron chi connectivity index (χ2n) is 4.51. The van der Waals surface area contributed by atoms with Crippen LogP contribution in [-0.4, -0.2) is 22.6 Å². The zero-order valence-electron chi connectivity index (χ0n) is 10.8. The molecule has 0 aliphatic heterocycles. The van der Waals surface area contributed by atoms with Crippen LogP contribution >= 0.6 is 0 Å². The molecule has 0 bridgehead atoms. The molecule has 3 rings (SSSR count). The number of hydrogen-bond donors (Lipinski definition) is 1. The van der Waals surface area contributed by atoms with Gasteiger partial charge in [-0.2, -0.15) is 0 Å². The van der Waals surface area contributed by atoms with Gasteiger partial charge in [0.15, 0.2) is 5.78 Å². The average molecular weight is 282 g/mol. The van der Waals surface area contributed by atoms with Crippen LogP contribution in [0, 0.1) is 0 Å². The van der Waals surface area contributed by atoms with Crippen LogP contribution in [0.1, 0.15) is 37.5 Å². The van der Waals surface area contributed by atoms with Crippen molar-refractivity contribution in [1.29, 1.82) is 0 Å². The third-order valence-corrected chi connectivity index (χ3v) is 3.27. The lowest BCUT2D eigenvalue weighted by atomic mass is 9.85. The molecule has 1 aliphatic carbocycles. The molecule has 21 heavy (non-hydrogen) atoms. The number of ether oxygens (including phenoxy) is 1. The van der Waals surface area contributed by atoms with Crippen molar-refractivity contribution in [2.45, 2.75) is 6.61 Å². The Bertz CT molecular complexity index is 783. The number of nitrogens with two attached hydrogens (primary N) is 1. The summed E-state index contributed by atoms with van der Waals surface area (Å²) in [6.07, 6.45) is 0.452. The summed E-state index contributed by atoms with van der Waals surface area (Å²) in [5, 5.41) is 0. The predicted molar refractivity (Wildman–Crippen MR) is 71.9 cm³/mol. The fraction of sp³-hybridized carbons (Fsp3) is 0.0667. The Hall–Kier alpha value is -3.02. The van der Waals surface area contributed by atoms with Crippen molar-refractivity contribution in [2.24, 2.45) is 5.73 Å². The Morgan fingerprint density at radius 3 is 2.43 bits per heavy atom. The topological polar surface area (TPSA) is 99.3 Å². The zero-order valence-corrected chi connectivity index (χ0v) is 10.8. The number of nitrogens with zero attached hydrogens (tertiary/aromatic N) is 1. The summed E-state index contributed by atoms with van der Waals surface area (Å²) in [5.74, 6) is -0.627. The van der Waals surface area contributed by atoms with Gasteiger partial charge in [0.2, 0.25) is 5.78 Å². The van der Waals surface area contributed by atoms with Crippen molar-refractivity contribution in [2.75, 3.05) is 0 Å². The molecule has 0 radical (unpaired) electrons. The van der Waals surface area contributed by atoms with Gasteiger partial charge in [0, 0.05) is 22.9 Å². The number of pyridine rings is 1. The van der Waals surface area contributed by atoms with E-state index in [9.17, 15) is 14.4 Å². The number of benzene rings is 1. The Balaban J connectivity index is 2.14. The molecule has 1 amide bonds. The average Bonchev–Trinajstić information content (AvgIpc) is 2.50. The van der Waals surface area contributed by atoms with Crippen LogP contribution in [0.5, 0.6) is 0 Å². The molecule has 6 nitrogen and oxygen atoms in total. The van der Waals surface area contributed by atoms with Crippen molar-refractivity contribution >= 4 is 17.7 Å². The lowest BCUT2D eigenvalue weighted by Crippen LogP contribution is -2.24. The molecule has 1 heterocycles. The van der Waals surface area contributed by atoms with Gasteiger partial charge in [0.1, 0.15) is 12.3 Å². The monoisotopic (exact) mass is 282 g/mol. The van der Waals surface area contributed by atoms with Crippen LogP contribution in [0.25, 0.3) is 0 Å². The highest BCUT2D eigenvalue weighted by atomic mass is 16.5. The lowest BCUT2D eigenvalue weighted by Gasteiger charge is -2.18. The fourth-order valence-corrected chi connectivity index (χ4v) is 2.34. The number of carbonyl (C=O) groups excluding carboxylic acids is 3. The number of rotatable bonds is 2. The molecule has 0 unspecified atom stereocenters. The maximum Gasteiger partial charge on any atom is 0.404 e. The summed E-state index contributed by atoms with van der Waals surface area (Å²) in [5.41, 5.74) is 6.23. The molecule has 2 N–H and O–H groups in total. The first kappa shape index (κ1) is 13.0. The quantitative estimate of drug-likeness (QED) is 0.766. The Morgan fingerprint density at radius 2 is 1.76 bits per heavy atom. The minimum atomic E-state index is -0.949. The Kier molecular flexibility index (Phi) is 2.98. The van der Waals surface area contributed by atoms with E-state index in [-0.39, 0.29) is 29.4 Å². The lowest BCUT2D eigenvalue weighted by molar-refractivity contribution is 0.0971. The first-order chi connectivity index (χ1) is 10.1. The third-order valence-electron chi connectivity index (χ3n) is 3.27. The number of fused-ring (bicyclic) bond motifs is 2. The number of hydrogen-bond acceptors (Lipinski definition) is 5. The van der Waals surface area contributed by atoms with Gasteiger partial charge in [-0.05, 0) is 6.07 Å². The molecule has 6 heteroatoms. The number of ketones is 2. The first-order valence-electron chi connectivity index (χ1n) is 6.18. The van der Waals surface area contributed by atoms with E-state index in [4.69, 9.17) is 10.5 Å². The van der Waals surface area contributed by atoms with Gasteiger partial charge in [0.05, 0.1) is 5.56 Å². The van der Waals surface area contributed by atoms with Crippen molar-refractivity contribution in [1.82, 2.24) is 4.98 Å². The van der Waals surface area contributed by atoms with E-state index in [2.05, 4.69) is 4.98 Å². The standard InChI is InChI=1S/C15H10N2O4/c16-15(20)21-7-8-5-6-17-12-11(8)13(18)9-3-1-2-4-10(9)14(12)19/h1-6H,7H2,(H2,16,20). The number of aromatic nitrogens is 1. The molecule has 0 fully saturated rings. The third kappa shape index (κ3) is 2.06. The number of primary amides is 1. The minimum absolute atomic E-state index is 0.0734. The molecule has 1 aliphatic rings. The number of amides is 1. The van der Waals surface area contributed by atoms with Crippen molar-refractivity contribution in [3.05, 3.63) is 64.5 Å². The molecule has 1 aromatic carbocycles. The molecule has 0 spiro atoms. The summed E-state index contributed by atoms with van der Waals surface area (Å²) < 4.78 is 4.71. The minimum Gasteiger partial charge on any atom is -0.445 e. The number of carbonyl (C=O) groups is 3. The molecule has 0 saturated carbocycles. The van der Waals surface area contributed by atoms with E-state index in [0.717, 1.165) is 0 Å². The summed E-state index contributed by atoms with van der Waals surface area (Å²) >= 11 is 0. The molecular weight excluding hydrogens is 272 g/mol. The summed E-state index contributed by atoms with van der Waals surface area (Å²) in [6.45, 7) is -0.179. The van der Waals surface area contributed by atoms with Crippen LogP contribution in [0.3, 0.4) is 0 Å². The van der Waals surface area contributed by atoms with Crippen LogP contribution < -0.4 is 5.73 Å². The molecule has 104 valence electrons. The maximum atomic E-state index is 12.6. The van der Waals surface area contributed by atoms with Crippen LogP contribution in [0.4, 0.5) is 4.79 Å². The maximum absolute atomic E-state index is 12.6. The van der Waals surface area contributed by atoms with Gasteiger partial charge in [0.25, 0.3) is 0 Å². The van der Waals surface area contributed by atoms with E-state index in [1.807, 2.05) is 0 Å². The van der Waals surface area contributed by atoms with E-state index >= 15 is 0 Å². The summed E-state index contributed by atoms with van der Waals surface area (Å²) in [4.78, 5) is 39.7. The SMILES string of the molecule is NC(=O)OCc1ccnc2c1C(=O)c1ccccc1C2=O. The molecule has 1 aromatic heterocycles. The van der Waals surface area contributed by atoms with Crippen molar-refractivity contribution in [3.63, 3.8) is 0 Å². The first-order valence-corrected chi connectivity index (χ1v) is 6.18. The molecule has 0 atom stereocenters. The summed E-state index contributed by atoms with van der Waals surface area (Å²) in [7, 11) is 0. The Morgan fingerprint density at radius 1 is 1.10 bits per heavy atom. The molecule has 2 aromatic rings. The van der Waals surface area contributed by atoms with E-state index in [0.29, 0.717) is 16.7 Å². The van der Waals surface area contributed by atoms with Crippen LogP contribution in [0.2, 0.25) is 0 Å².